The minimum Gasteiger partial charge on any atom is -0.354 e. The van der Waals surface area contributed by atoms with E-state index in [1.165, 1.54) is 19.2 Å². The molecule has 0 bridgehead atoms. The van der Waals surface area contributed by atoms with Crippen LogP contribution in [0.15, 0.2) is 12.1 Å². The third kappa shape index (κ3) is 6.82. The van der Waals surface area contributed by atoms with E-state index in [9.17, 15) is 9.59 Å². The van der Waals surface area contributed by atoms with Crippen LogP contribution < -0.4 is 10.6 Å². The summed E-state index contributed by atoms with van der Waals surface area (Å²) in [4.78, 5) is 27.7. The summed E-state index contributed by atoms with van der Waals surface area (Å²) in [6.45, 7) is 5.43. The number of halogens is 1. The first-order valence-corrected chi connectivity index (χ1v) is 8.30. The summed E-state index contributed by atoms with van der Waals surface area (Å²) in [7, 11) is 1.48. The number of hydrogen-bond acceptors (Lipinski definition) is 5. The Hall–Kier alpha value is -1.70. The predicted molar refractivity (Wildman–Crippen MR) is 91.2 cm³/mol. The lowest BCUT2D eigenvalue weighted by Gasteiger charge is -2.16. The number of nitrogens with zero attached hydrogens (tertiary/aromatic N) is 1. The van der Waals surface area contributed by atoms with Gasteiger partial charge in [-0.25, -0.2) is 4.98 Å². The first-order valence-electron chi connectivity index (χ1n) is 7.92. The molecule has 0 unspecified atom stereocenters. The molecule has 0 fully saturated rings. The molecule has 2 amide bonds. The fourth-order valence-corrected chi connectivity index (χ4v) is 2.24. The van der Waals surface area contributed by atoms with Crippen molar-refractivity contribution < 1.29 is 19.1 Å². The van der Waals surface area contributed by atoms with Crippen LogP contribution in [-0.4, -0.2) is 49.9 Å². The topological polar surface area (TPSA) is 89.5 Å². The van der Waals surface area contributed by atoms with Crippen molar-refractivity contribution in [2.24, 2.45) is 0 Å². The Morgan fingerprint density at radius 3 is 2.46 bits per heavy atom. The average molecular weight is 358 g/mol. The summed E-state index contributed by atoms with van der Waals surface area (Å²) in [6.07, 6.45) is 1.13. The maximum absolute atomic E-state index is 12.2. The van der Waals surface area contributed by atoms with Gasteiger partial charge in [-0.15, -0.1) is 0 Å². The summed E-state index contributed by atoms with van der Waals surface area (Å²) in [5.41, 5.74) is 0.391. The summed E-state index contributed by atoms with van der Waals surface area (Å²) in [6, 6.07) is 2.83. The molecule has 134 valence electrons. The minimum absolute atomic E-state index is 0.0917. The molecule has 1 heterocycles. The number of rotatable bonds is 10. The highest BCUT2D eigenvalue weighted by molar-refractivity contribution is 6.30. The molecule has 0 aliphatic heterocycles. The van der Waals surface area contributed by atoms with Crippen LogP contribution in [0.1, 0.15) is 47.5 Å². The lowest BCUT2D eigenvalue weighted by Crippen LogP contribution is -2.27. The van der Waals surface area contributed by atoms with Crippen LogP contribution in [0, 0.1) is 0 Å². The first kappa shape index (κ1) is 20.3. The smallest absolute Gasteiger partial charge is 0.269 e. The van der Waals surface area contributed by atoms with E-state index in [0.717, 1.165) is 0 Å². The van der Waals surface area contributed by atoms with Crippen molar-refractivity contribution in [2.45, 2.75) is 33.0 Å². The predicted octanol–water partition coefficient (Wildman–Crippen LogP) is 2.00. The quantitative estimate of drug-likeness (QED) is 0.380. The SMILES string of the molecule is CCOC(CCCNC(=O)c1cc(Cl)nc(C(=O)NC)c1)OCC. The minimum atomic E-state index is -0.400. The normalized spacial score (nSPS) is 10.7. The lowest BCUT2D eigenvalue weighted by atomic mass is 10.2. The molecule has 24 heavy (non-hydrogen) atoms. The lowest BCUT2D eigenvalue weighted by molar-refractivity contribution is -0.139. The first-order chi connectivity index (χ1) is 11.5. The summed E-state index contributed by atoms with van der Waals surface area (Å²) < 4.78 is 10.9. The van der Waals surface area contributed by atoms with Crippen molar-refractivity contribution >= 4 is 23.4 Å². The van der Waals surface area contributed by atoms with Crippen LogP contribution in [0.5, 0.6) is 0 Å². The van der Waals surface area contributed by atoms with Gasteiger partial charge in [0.1, 0.15) is 10.8 Å². The van der Waals surface area contributed by atoms with Gasteiger partial charge in [-0.2, -0.15) is 0 Å². The third-order valence-electron chi connectivity index (χ3n) is 3.12. The molecule has 0 spiro atoms. The highest BCUT2D eigenvalue weighted by Crippen LogP contribution is 2.11. The van der Waals surface area contributed by atoms with Gasteiger partial charge in [0.05, 0.1) is 0 Å². The van der Waals surface area contributed by atoms with Crippen LogP contribution in [0.2, 0.25) is 5.15 Å². The number of ether oxygens (including phenoxy) is 2. The fourth-order valence-electron chi connectivity index (χ4n) is 2.03. The molecular weight excluding hydrogens is 334 g/mol. The second-order valence-electron chi connectivity index (χ2n) is 4.88. The van der Waals surface area contributed by atoms with Crippen molar-refractivity contribution in [1.82, 2.24) is 15.6 Å². The van der Waals surface area contributed by atoms with Crippen molar-refractivity contribution in [3.63, 3.8) is 0 Å². The molecular formula is C16H24ClN3O4. The molecule has 8 heteroatoms. The Bertz CT molecular complexity index is 548. The molecule has 1 aromatic rings. The van der Waals surface area contributed by atoms with E-state index in [1.54, 1.807) is 0 Å². The number of carbonyl (C=O) groups is 2. The Labute approximate surface area is 147 Å². The largest absolute Gasteiger partial charge is 0.354 e. The van der Waals surface area contributed by atoms with Gasteiger partial charge in [0.15, 0.2) is 6.29 Å². The molecule has 1 rings (SSSR count). The zero-order valence-electron chi connectivity index (χ0n) is 14.2. The second kappa shape index (κ2) is 11.0. The zero-order valence-corrected chi connectivity index (χ0v) is 15.0. The Morgan fingerprint density at radius 1 is 1.21 bits per heavy atom. The van der Waals surface area contributed by atoms with E-state index < -0.39 is 5.91 Å². The van der Waals surface area contributed by atoms with Crippen LogP contribution in [0.25, 0.3) is 0 Å². The van der Waals surface area contributed by atoms with Gasteiger partial charge < -0.3 is 20.1 Å². The van der Waals surface area contributed by atoms with Crippen LogP contribution in [-0.2, 0) is 9.47 Å². The van der Waals surface area contributed by atoms with Gasteiger partial charge in [0.2, 0.25) is 0 Å². The van der Waals surface area contributed by atoms with Crippen molar-refractivity contribution in [2.75, 3.05) is 26.8 Å². The maximum Gasteiger partial charge on any atom is 0.269 e. The Morgan fingerprint density at radius 2 is 1.88 bits per heavy atom. The summed E-state index contributed by atoms with van der Waals surface area (Å²) >= 11 is 5.86. The van der Waals surface area contributed by atoms with Crippen LogP contribution in [0.3, 0.4) is 0 Å². The highest BCUT2D eigenvalue weighted by atomic mass is 35.5. The van der Waals surface area contributed by atoms with Crippen molar-refractivity contribution in [1.29, 1.82) is 0 Å². The van der Waals surface area contributed by atoms with Gasteiger partial charge in [-0.1, -0.05) is 11.6 Å². The zero-order chi connectivity index (χ0) is 17.9. The molecule has 7 nitrogen and oxygen atoms in total. The highest BCUT2D eigenvalue weighted by Gasteiger charge is 2.13. The van der Waals surface area contributed by atoms with Gasteiger partial charge in [0.25, 0.3) is 11.8 Å². The average Bonchev–Trinajstić information content (AvgIpc) is 2.57. The monoisotopic (exact) mass is 357 g/mol. The van der Waals surface area contributed by atoms with E-state index in [2.05, 4.69) is 15.6 Å². The van der Waals surface area contributed by atoms with Crippen LogP contribution in [0.4, 0.5) is 0 Å². The van der Waals surface area contributed by atoms with Gasteiger partial charge >= 0.3 is 0 Å². The molecule has 0 saturated heterocycles. The van der Waals surface area contributed by atoms with E-state index in [-0.39, 0.29) is 23.0 Å². The number of nitrogens with one attached hydrogen (secondary N) is 2. The molecule has 0 aliphatic carbocycles. The molecule has 0 radical (unpaired) electrons. The van der Waals surface area contributed by atoms with E-state index in [1.807, 2.05) is 13.8 Å². The number of amides is 2. The van der Waals surface area contributed by atoms with Gasteiger partial charge in [-0.3, -0.25) is 9.59 Å². The van der Waals surface area contributed by atoms with E-state index >= 15 is 0 Å². The Kier molecular flexibility index (Phi) is 9.29. The number of hydrogen-bond donors (Lipinski definition) is 2. The molecule has 0 saturated carbocycles. The van der Waals surface area contributed by atoms with Crippen LogP contribution >= 0.6 is 11.6 Å². The number of aromatic nitrogens is 1. The van der Waals surface area contributed by atoms with Crippen molar-refractivity contribution in [3.05, 3.63) is 28.5 Å². The molecule has 0 atom stereocenters. The van der Waals surface area contributed by atoms with Gasteiger partial charge in [-0.05, 0) is 32.4 Å². The fraction of sp³-hybridized carbons (Fsp3) is 0.562. The van der Waals surface area contributed by atoms with Gasteiger partial charge in [0, 0.05) is 38.8 Å². The third-order valence-corrected chi connectivity index (χ3v) is 3.32. The standard InChI is InChI=1S/C16H24ClN3O4/c1-4-23-14(24-5-2)7-6-8-19-15(21)11-9-12(16(22)18-3)20-13(17)10-11/h9-10,14H,4-8H2,1-3H3,(H,18,22)(H,19,21). The summed E-state index contributed by atoms with van der Waals surface area (Å²) in [5, 5.41) is 5.32. The molecule has 0 aliphatic rings. The molecule has 2 N–H and O–H groups in total. The van der Waals surface area contributed by atoms with E-state index in [4.69, 9.17) is 21.1 Å². The molecule has 1 aromatic heterocycles. The van der Waals surface area contributed by atoms with Crippen molar-refractivity contribution in [3.8, 4) is 0 Å². The second-order valence-corrected chi connectivity index (χ2v) is 5.27. The Balaban J connectivity index is 2.53. The maximum atomic E-state index is 12.2. The number of pyridine rings is 1. The van der Waals surface area contributed by atoms with E-state index in [0.29, 0.717) is 38.2 Å². The summed E-state index contributed by atoms with van der Waals surface area (Å²) in [5.74, 6) is -0.711. The molecule has 0 aromatic carbocycles. The number of carbonyl (C=O) groups excluding carboxylic acids is 2.